The number of nitrogens with one attached hydrogen (secondary N) is 1. The summed E-state index contributed by atoms with van der Waals surface area (Å²) in [5, 5.41) is 4.38. The number of aryl methyl sites for hydroxylation is 1. The summed E-state index contributed by atoms with van der Waals surface area (Å²) in [5.41, 5.74) is 1.93. The molecule has 0 aliphatic carbocycles. The average Bonchev–Trinajstić information content (AvgIpc) is 3.16. The molecule has 0 fully saturated rings. The van der Waals surface area contributed by atoms with Crippen molar-refractivity contribution in [3.8, 4) is 17.0 Å². The molecule has 1 amide bonds. The summed E-state index contributed by atoms with van der Waals surface area (Å²) in [7, 11) is -2.07. The van der Waals surface area contributed by atoms with Crippen LogP contribution < -0.4 is 10.1 Å². The number of halogens is 1. The molecule has 6 nitrogen and oxygen atoms in total. The van der Waals surface area contributed by atoms with Crippen molar-refractivity contribution in [1.29, 1.82) is 0 Å². The van der Waals surface area contributed by atoms with Gasteiger partial charge in [-0.25, -0.2) is 17.8 Å². The monoisotopic (exact) mass is 448 g/mol. The Morgan fingerprint density at radius 2 is 1.97 bits per heavy atom. The quantitative estimate of drug-likeness (QED) is 0.536. The number of rotatable bonds is 9. The molecule has 158 valence electrons. The van der Waals surface area contributed by atoms with Crippen LogP contribution >= 0.6 is 11.3 Å². The van der Waals surface area contributed by atoms with Crippen molar-refractivity contribution in [2.45, 2.75) is 12.8 Å². The summed E-state index contributed by atoms with van der Waals surface area (Å²) in [6.07, 6.45) is 1.08. The normalized spacial score (nSPS) is 11.3. The van der Waals surface area contributed by atoms with Crippen LogP contribution in [0.4, 0.5) is 9.52 Å². The van der Waals surface area contributed by atoms with E-state index >= 15 is 0 Å². The van der Waals surface area contributed by atoms with Crippen LogP contribution in [0.5, 0.6) is 5.75 Å². The smallest absolute Gasteiger partial charge is 0.241 e. The maximum Gasteiger partial charge on any atom is 0.241 e. The lowest BCUT2D eigenvalue weighted by Gasteiger charge is -2.06. The molecule has 0 saturated heterocycles. The van der Waals surface area contributed by atoms with E-state index in [1.165, 1.54) is 25.3 Å². The third kappa shape index (κ3) is 6.11. The number of amides is 1. The minimum absolute atomic E-state index is 0.0705. The minimum atomic E-state index is -3.54. The fraction of sp³-hybridized carbons (Fsp3) is 0.238. The lowest BCUT2D eigenvalue weighted by Crippen LogP contribution is -2.24. The van der Waals surface area contributed by atoms with Crippen molar-refractivity contribution in [1.82, 2.24) is 4.98 Å². The molecule has 30 heavy (non-hydrogen) atoms. The van der Waals surface area contributed by atoms with Gasteiger partial charge in [0.15, 0.2) is 15.0 Å². The van der Waals surface area contributed by atoms with Gasteiger partial charge in [0.1, 0.15) is 17.3 Å². The predicted octanol–water partition coefficient (Wildman–Crippen LogP) is 3.94. The molecule has 0 radical (unpaired) electrons. The first-order valence-corrected chi connectivity index (χ1v) is 11.9. The third-order valence-corrected chi connectivity index (χ3v) is 6.67. The van der Waals surface area contributed by atoms with E-state index < -0.39 is 27.3 Å². The standard InChI is InChI=1S/C21H21FN2O4S2/c1-28-19-10-9-16(22)12-17(19)18-13-29-21(23-18)24-20(25)14-30(26,27)11-5-8-15-6-3-2-4-7-15/h2-4,6-7,9-10,12-13H,5,8,11,14H2,1H3,(H,23,24,25). The molecule has 2 aromatic carbocycles. The fourth-order valence-electron chi connectivity index (χ4n) is 2.90. The summed E-state index contributed by atoms with van der Waals surface area (Å²) in [5.74, 6) is -1.33. The SMILES string of the molecule is COc1ccc(F)cc1-c1csc(NC(=O)CS(=O)(=O)CCCc2ccccc2)n1. The van der Waals surface area contributed by atoms with Crippen LogP contribution in [-0.4, -0.2) is 37.9 Å². The Kier molecular flexibility index (Phi) is 7.17. The van der Waals surface area contributed by atoms with Crippen LogP contribution in [0.25, 0.3) is 11.3 Å². The number of aromatic nitrogens is 1. The second kappa shape index (κ2) is 9.82. The Bertz CT molecular complexity index is 1120. The molecule has 3 rings (SSSR count). The van der Waals surface area contributed by atoms with Crippen LogP contribution in [0.2, 0.25) is 0 Å². The van der Waals surface area contributed by atoms with Gasteiger partial charge in [0.05, 0.1) is 18.6 Å². The molecule has 0 aliphatic heterocycles. The molecule has 3 aromatic rings. The molecular weight excluding hydrogens is 427 g/mol. The molecule has 0 saturated carbocycles. The summed E-state index contributed by atoms with van der Waals surface area (Å²) in [6.45, 7) is 0. The van der Waals surface area contributed by atoms with Crippen molar-refractivity contribution in [2.75, 3.05) is 23.9 Å². The topological polar surface area (TPSA) is 85.4 Å². The van der Waals surface area contributed by atoms with Gasteiger partial charge in [-0.15, -0.1) is 11.3 Å². The number of hydrogen-bond donors (Lipinski definition) is 1. The van der Waals surface area contributed by atoms with Gasteiger partial charge in [0.2, 0.25) is 5.91 Å². The van der Waals surface area contributed by atoms with E-state index in [0.29, 0.717) is 29.8 Å². The van der Waals surface area contributed by atoms with Gasteiger partial charge >= 0.3 is 0 Å². The number of anilines is 1. The molecule has 1 N–H and O–H groups in total. The molecule has 0 spiro atoms. The molecule has 1 aromatic heterocycles. The van der Waals surface area contributed by atoms with Gasteiger partial charge < -0.3 is 10.1 Å². The maximum absolute atomic E-state index is 13.6. The van der Waals surface area contributed by atoms with Gasteiger partial charge in [-0.2, -0.15) is 0 Å². The number of carbonyl (C=O) groups is 1. The number of hydrogen-bond acceptors (Lipinski definition) is 6. The molecular formula is C21H21FN2O4S2. The van der Waals surface area contributed by atoms with Crippen molar-refractivity contribution in [3.63, 3.8) is 0 Å². The second-order valence-electron chi connectivity index (χ2n) is 6.61. The highest BCUT2D eigenvalue weighted by Gasteiger charge is 2.18. The highest BCUT2D eigenvalue weighted by molar-refractivity contribution is 7.92. The van der Waals surface area contributed by atoms with E-state index in [0.717, 1.165) is 16.9 Å². The Labute approximate surface area is 178 Å². The van der Waals surface area contributed by atoms with E-state index in [-0.39, 0.29) is 10.9 Å². The van der Waals surface area contributed by atoms with E-state index in [9.17, 15) is 17.6 Å². The van der Waals surface area contributed by atoms with E-state index in [4.69, 9.17) is 4.74 Å². The van der Waals surface area contributed by atoms with Gasteiger partial charge in [-0.3, -0.25) is 4.79 Å². The van der Waals surface area contributed by atoms with Gasteiger partial charge in [0.25, 0.3) is 0 Å². The Morgan fingerprint density at radius 1 is 1.20 bits per heavy atom. The first-order valence-electron chi connectivity index (χ1n) is 9.20. The Morgan fingerprint density at radius 3 is 2.70 bits per heavy atom. The van der Waals surface area contributed by atoms with Gasteiger partial charge in [0, 0.05) is 10.9 Å². The maximum atomic E-state index is 13.6. The molecule has 0 bridgehead atoms. The van der Waals surface area contributed by atoms with Crippen molar-refractivity contribution >= 4 is 32.2 Å². The Hall–Kier alpha value is -2.78. The van der Waals surface area contributed by atoms with Gasteiger partial charge in [-0.1, -0.05) is 30.3 Å². The molecule has 0 unspecified atom stereocenters. The second-order valence-corrected chi connectivity index (χ2v) is 9.65. The van der Waals surface area contributed by atoms with Crippen molar-refractivity contribution in [2.24, 2.45) is 0 Å². The van der Waals surface area contributed by atoms with E-state index in [2.05, 4.69) is 10.3 Å². The van der Waals surface area contributed by atoms with Gasteiger partial charge in [-0.05, 0) is 36.6 Å². The van der Waals surface area contributed by atoms with E-state index in [1.807, 2.05) is 30.3 Å². The highest BCUT2D eigenvalue weighted by Crippen LogP contribution is 2.32. The van der Waals surface area contributed by atoms with Crippen molar-refractivity contribution in [3.05, 3.63) is 65.3 Å². The lowest BCUT2D eigenvalue weighted by molar-refractivity contribution is -0.113. The van der Waals surface area contributed by atoms with Crippen LogP contribution in [0.1, 0.15) is 12.0 Å². The number of sulfone groups is 1. The lowest BCUT2D eigenvalue weighted by atomic mass is 10.1. The summed E-state index contributed by atoms with van der Waals surface area (Å²) in [4.78, 5) is 16.4. The molecule has 1 heterocycles. The molecule has 0 atom stereocenters. The number of carbonyl (C=O) groups excluding carboxylic acids is 1. The number of ether oxygens (including phenoxy) is 1. The Balaban J connectivity index is 1.57. The number of methoxy groups -OCH3 is 1. The van der Waals surface area contributed by atoms with Crippen molar-refractivity contribution < 1.29 is 22.3 Å². The molecule has 0 aliphatic rings. The summed E-state index contributed by atoms with van der Waals surface area (Å²) in [6, 6.07) is 13.6. The predicted molar refractivity (Wildman–Crippen MR) is 116 cm³/mol. The zero-order chi connectivity index (χ0) is 21.6. The number of benzene rings is 2. The summed E-state index contributed by atoms with van der Waals surface area (Å²) < 4.78 is 43.2. The highest BCUT2D eigenvalue weighted by atomic mass is 32.2. The average molecular weight is 449 g/mol. The fourth-order valence-corrected chi connectivity index (χ4v) is 4.83. The third-order valence-electron chi connectivity index (χ3n) is 4.30. The number of nitrogens with zero attached hydrogens (tertiary/aromatic N) is 1. The van der Waals surface area contributed by atoms with Crippen LogP contribution in [-0.2, 0) is 21.1 Å². The zero-order valence-corrected chi connectivity index (χ0v) is 17.9. The first-order chi connectivity index (χ1) is 14.4. The minimum Gasteiger partial charge on any atom is -0.496 e. The van der Waals surface area contributed by atoms with Crippen LogP contribution in [0, 0.1) is 5.82 Å². The summed E-state index contributed by atoms with van der Waals surface area (Å²) >= 11 is 1.12. The largest absolute Gasteiger partial charge is 0.496 e. The van der Waals surface area contributed by atoms with Crippen LogP contribution in [0.3, 0.4) is 0 Å². The van der Waals surface area contributed by atoms with Crippen LogP contribution in [0.15, 0.2) is 53.9 Å². The molecule has 9 heteroatoms. The number of thiazole rings is 1. The zero-order valence-electron chi connectivity index (χ0n) is 16.3. The van der Waals surface area contributed by atoms with E-state index in [1.54, 1.807) is 5.38 Å². The first kappa shape index (κ1) is 21.9.